The number of ether oxygens (including phenoxy) is 2. The summed E-state index contributed by atoms with van der Waals surface area (Å²) in [5.74, 6) is 1.86. The Kier molecular flexibility index (Phi) is 8.55. The van der Waals surface area contributed by atoms with Gasteiger partial charge in [0.15, 0.2) is 5.96 Å². The number of para-hydroxylation sites is 1. The van der Waals surface area contributed by atoms with E-state index in [0.29, 0.717) is 6.61 Å². The molecule has 1 heterocycles. The summed E-state index contributed by atoms with van der Waals surface area (Å²) in [6.07, 6.45) is 0.929. The van der Waals surface area contributed by atoms with Crippen molar-refractivity contribution < 1.29 is 9.47 Å². The highest BCUT2D eigenvalue weighted by atomic mass is 16.5. The molecule has 0 aromatic heterocycles. The average Bonchev–Trinajstić information content (AvgIpc) is 2.63. The van der Waals surface area contributed by atoms with Crippen LogP contribution in [0.2, 0.25) is 0 Å². The second-order valence-electron chi connectivity index (χ2n) is 6.30. The van der Waals surface area contributed by atoms with E-state index in [0.717, 1.165) is 64.1 Å². The molecular formula is C19H32N4O2. The zero-order valence-electron chi connectivity index (χ0n) is 15.8. The van der Waals surface area contributed by atoms with Crippen LogP contribution in [0.5, 0.6) is 5.75 Å². The van der Waals surface area contributed by atoms with Crippen LogP contribution in [-0.2, 0) is 4.74 Å². The predicted octanol–water partition coefficient (Wildman–Crippen LogP) is 1.57. The topological polar surface area (TPSA) is 58.1 Å². The summed E-state index contributed by atoms with van der Waals surface area (Å²) in [4.78, 5) is 6.67. The molecule has 2 rings (SSSR count). The highest BCUT2D eigenvalue weighted by molar-refractivity contribution is 5.79. The molecule has 0 unspecified atom stereocenters. The van der Waals surface area contributed by atoms with Crippen LogP contribution in [0.4, 0.5) is 0 Å². The standard InChI is InChI=1S/C19H32N4O2/c1-16-6-4-7-17(2)18(16)25-13-5-8-21-19(20-3)22-9-10-23-11-14-24-15-12-23/h4,6-7H,5,8-15H2,1-3H3,(H2,20,21,22). The number of benzene rings is 1. The first kappa shape index (κ1) is 19.5. The van der Waals surface area contributed by atoms with E-state index < -0.39 is 0 Å². The van der Waals surface area contributed by atoms with Crippen LogP contribution in [-0.4, -0.2) is 70.5 Å². The molecule has 0 bridgehead atoms. The monoisotopic (exact) mass is 348 g/mol. The molecule has 0 amide bonds. The maximum atomic E-state index is 5.92. The Bertz CT molecular complexity index is 522. The molecule has 6 nitrogen and oxygen atoms in total. The molecule has 2 N–H and O–H groups in total. The van der Waals surface area contributed by atoms with Gasteiger partial charge in [-0.3, -0.25) is 9.89 Å². The molecule has 1 saturated heterocycles. The number of rotatable bonds is 8. The van der Waals surface area contributed by atoms with Gasteiger partial charge in [0, 0.05) is 39.8 Å². The lowest BCUT2D eigenvalue weighted by molar-refractivity contribution is 0.0389. The molecule has 1 fully saturated rings. The molecular weight excluding hydrogens is 316 g/mol. The predicted molar refractivity (Wildman–Crippen MR) is 103 cm³/mol. The van der Waals surface area contributed by atoms with Crippen molar-refractivity contribution in [2.75, 3.05) is 59.6 Å². The van der Waals surface area contributed by atoms with E-state index in [1.165, 1.54) is 11.1 Å². The molecule has 0 radical (unpaired) electrons. The second kappa shape index (κ2) is 10.9. The quantitative estimate of drug-likeness (QED) is 0.424. The number of hydrogen-bond donors (Lipinski definition) is 2. The third-order valence-electron chi connectivity index (χ3n) is 4.32. The Morgan fingerprint density at radius 3 is 2.52 bits per heavy atom. The van der Waals surface area contributed by atoms with Crippen LogP contribution in [0.15, 0.2) is 23.2 Å². The van der Waals surface area contributed by atoms with Crippen LogP contribution in [0.1, 0.15) is 17.5 Å². The SMILES string of the molecule is CN=C(NCCCOc1c(C)cccc1C)NCCN1CCOCC1. The number of guanidine groups is 1. The number of aryl methyl sites for hydroxylation is 2. The lowest BCUT2D eigenvalue weighted by Crippen LogP contribution is -2.44. The number of morpholine rings is 1. The van der Waals surface area contributed by atoms with Gasteiger partial charge in [-0.2, -0.15) is 0 Å². The summed E-state index contributed by atoms with van der Waals surface area (Å²) >= 11 is 0. The molecule has 1 aromatic rings. The van der Waals surface area contributed by atoms with Crippen LogP contribution in [0.3, 0.4) is 0 Å². The Morgan fingerprint density at radius 1 is 1.16 bits per heavy atom. The summed E-state index contributed by atoms with van der Waals surface area (Å²) < 4.78 is 11.3. The average molecular weight is 348 g/mol. The van der Waals surface area contributed by atoms with E-state index in [4.69, 9.17) is 9.47 Å². The molecule has 0 spiro atoms. The summed E-state index contributed by atoms with van der Waals surface area (Å²) in [5.41, 5.74) is 2.38. The van der Waals surface area contributed by atoms with E-state index in [2.05, 4.69) is 52.6 Å². The molecule has 25 heavy (non-hydrogen) atoms. The van der Waals surface area contributed by atoms with Gasteiger partial charge in [0.05, 0.1) is 19.8 Å². The summed E-state index contributed by atoms with van der Waals surface area (Å²) in [6.45, 7) is 11.3. The van der Waals surface area contributed by atoms with Gasteiger partial charge >= 0.3 is 0 Å². The summed E-state index contributed by atoms with van der Waals surface area (Å²) in [5, 5.41) is 6.70. The molecule has 6 heteroatoms. The van der Waals surface area contributed by atoms with E-state index >= 15 is 0 Å². The zero-order valence-corrected chi connectivity index (χ0v) is 15.8. The maximum absolute atomic E-state index is 5.92. The fraction of sp³-hybridized carbons (Fsp3) is 0.632. The molecule has 1 aliphatic rings. The highest BCUT2D eigenvalue weighted by Gasteiger charge is 2.09. The Balaban J connectivity index is 1.58. The largest absolute Gasteiger partial charge is 0.493 e. The van der Waals surface area contributed by atoms with Crippen molar-refractivity contribution in [3.05, 3.63) is 29.3 Å². The van der Waals surface area contributed by atoms with Gasteiger partial charge in [-0.1, -0.05) is 18.2 Å². The lowest BCUT2D eigenvalue weighted by atomic mass is 10.1. The first-order valence-corrected chi connectivity index (χ1v) is 9.14. The van der Waals surface area contributed by atoms with Gasteiger partial charge < -0.3 is 20.1 Å². The fourth-order valence-corrected chi connectivity index (χ4v) is 2.86. The summed E-state index contributed by atoms with van der Waals surface area (Å²) in [6, 6.07) is 6.23. The van der Waals surface area contributed by atoms with Gasteiger partial charge in [-0.05, 0) is 31.4 Å². The zero-order chi connectivity index (χ0) is 17.9. The number of nitrogens with one attached hydrogen (secondary N) is 2. The minimum atomic E-state index is 0.698. The molecule has 0 aliphatic carbocycles. The van der Waals surface area contributed by atoms with Crippen LogP contribution in [0.25, 0.3) is 0 Å². The Hall–Kier alpha value is -1.79. The Labute approximate surface area is 151 Å². The normalized spacial score (nSPS) is 15.9. The Morgan fingerprint density at radius 2 is 1.84 bits per heavy atom. The van der Waals surface area contributed by atoms with E-state index in [1.54, 1.807) is 7.05 Å². The van der Waals surface area contributed by atoms with Crippen molar-refractivity contribution >= 4 is 5.96 Å². The van der Waals surface area contributed by atoms with E-state index in [9.17, 15) is 0 Å². The van der Waals surface area contributed by atoms with Crippen molar-refractivity contribution in [3.63, 3.8) is 0 Å². The van der Waals surface area contributed by atoms with Crippen molar-refractivity contribution in [2.24, 2.45) is 4.99 Å². The summed E-state index contributed by atoms with van der Waals surface area (Å²) in [7, 11) is 1.80. The first-order chi connectivity index (χ1) is 12.2. The van der Waals surface area contributed by atoms with Gasteiger partial charge in [0.1, 0.15) is 5.75 Å². The molecule has 1 aromatic carbocycles. The molecule has 0 atom stereocenters. The maximum Gasteiger partial charge on any atom is 0.191 e. The van der Waals surface area contributed by atoms with Crippen molar-refractivity contribution in [2.45, 2.75) is 20.3 Å². The van der Waals surface area contributed by atoms with Crippen LogP contribution < -0.4 is 15.4 Å². The van der Waals surface area contributed by atoms with Gasteiger partial charge in [-0.15, -0.1) is 0 Å². The minimum absolute atomic E-state index is 0.698. The fourth-order valence-electron chi connectivity index (χ4n) is 2.86. The van der Waals surface area contributed by atoms with Crippen LogP contribution in [0, 0.1) is 13.8 Å². The second-order valence-corrected chi connectivity index (χ2v) is 6.30. The number of nitrogens with zero attached hydrogens (tertiary/aromatic N) is 2. The first-order valence-electron chi connectivity index (χ1n) is 9.14. The smallest absolute Gasteiger partial charge is 0.191 e. The third kappa shape index (κ3) is 6.92. The van der Waals surface area contributed by atoms with Crippen molar-refractivity contribution in [1.82, 2.24) is 15.5 Å². The van der Waals surface area contributed by atoms with Gasteiger partial charge in [-0.25, -0.2) is 0 Å². The van der Waals surface area contributed by atoms with Gasteiger partial charge in [0.2, 0.25) is 0 Å². The van der Waals surface area contributed by atoms with Crippen molar-refractivity contribution in [3.8, 4) is 5.75 Å². The van der Waals surface area contributed by atoms with E-state index in [1.807, 2.05) is 0 Å². The lowest BCUT2D eigenvalue weighted by Gasteiger charge is -2.26. The van der Waals surface area contributed by atoms with Crippen molar-refractivity contribution in [1.29, 1.82) is 0 Å². The molecule has 1 aliphatic heterocycles. The number of hydrogen-bond acceptors (Lipinski definition) is 4. The highest BCUT2D eigenvalue weighted by Crippen LogP contribution is 2.22. The molecule has 0 saturated carbocycles. The molecule has 140 valence electrons. The minimum Gasteiger partial charge on any atom is -0.493 e. The van der Waals surface area contributed by atoms with Gasteiger partial charge in [0.25, 0.3) is 0 Å². The van der Waals surface area contributed by atoms with Crippen LogP contribution >= 0.6 is 0 Å². The third-order valence-corrected chi connectivity index (χ3v) is 4.32. The van der Waals surface area contributed by atoms with E-state index in [-0.39, 0.29) is 0 Å². The number of aliphatic imine (C=N–C) groups is 1.